The summed E-state index contributed by atoms with van der Waals surface area (Å²) in [5.41, 5.74) is 1.75. The van der Waals surface area contributed by atoms with Crippen molar-refractivity contribution in [3.8, 4) is 11.5 Å². The van der Waals surface area contributed by atoms with Crippen molar-refractivity contribution in [2.45, 2.75) is 31.1 Å². The third-order valence-electron chi connectivity index (χ3n) is 4.48. The number of likely N-dealkylation sites (N-methyl/N-ethyl adjacent to an activating group) is 1. The normalized spacial score (nSPS) is 12.1. The standard InChI is InChI=1S/C20H22ClN3O3S/c1-14(2)15-8-10-16(11-9-15)28(25,26)24(3)13-12-19-22-20(27-23-19)17-6-4-5-7-18(17)21/h4-11,14H,12-13H2,1-3H3. The zero-order valence-electron chi connectivity index (χ0n) is 16.0. The second-order valence-electron chi connectivity index (χ2n) is 6.80. The summed E-state index contributed by atoms with van der Waals surface area (Å²) < 4.78 is 32.1. The first-order chi connectivity index (χ1) is 13.3. The molecule has 0 saturated carbocycles. The molecule has 1 heterocycles. The second kappa shape index (κ2) is 8.43. The van der Waals surface area contributed by atoms with Crippen LogP contribution in [0, 0.1) is 0 Å². The third kappa shape index (κ3) is 4.43. The predicted octanol–water partition coefficient (Wildman–Crippen LogP) is 4.38. The smallest absolute Gasteiger partial charge is 0.259 e. The second-order valence-corrected chi connectivity index (χ2v) is 9.25. The molecule has 0 radical (unpaired) electrons. The lowest BCUT2D eigenvalue weighted by atomic mass is 10.0. The van der Waals surface area contributed by atoms with E-state index in [1.807, 2.05) is 24.3 Å². The average Bonchev–Trinajstić information content (AvgIpc) is 3.15. The monoisotopic (exact) mass is 419 g/mol. The van der Waals surface area contributed by atoms with E-state index in [2.05, 4.69) is 24.0 Å². The van der Waals surface area contributed by atoms with Crippen molar-refractivity contribution in [1.29, 1.82) is 0 Å². The van der Waals surface area contributed by atoms with Gasteiger partial charge < -0.3 is 4.52 Å². The number of rotatable bonds is 7. The molecule has 3 aromatic rings. The molecule has 0 spiro atoms. The Morgan fingerprint density at radius 1 is 1.11 bits per heavy atom. The summed E-state index contributed by atoms with van der Waals surface area (Å²) in [4.78, 5) is 4.58. The highest BCUT2D eigenvalue weighted by atomic mass is 35.5. The highest BCUT2D eigenvalue weighted by Gasteiger charge is 2.21. The van der Waals surface area contributed by atoms with Crippen molar-refractivity contribution in [2.24, 2.45) is 0 Å². The summed E-state index contributed by atoms with van der Waals surface area (Å²) in [6.07, 6.45) is 0.327. The molecule has 28 heavy (non-hydrogen) atoms. The zero-order chi connectivity index (χ0) is 20.3. The maximum atomic E-state index is 12.8. The van der Waals surface area contributed by atoms with Gasteiger partial charge in [-0.05, 0) is 35.7 Å². The van der Waals surface area contributed by atoms with Crippen LogP contribution < -0.4 is 0 Å². The third-order valence-corrected chi connectivity index (χ3v) is 6.68. The quantitative estimate of drug-likeness (QED) is 0.568. The molecular formula is C20H22ClN3O3S. The van der Waals surface area contributed by atoms with Crippen molar-refractivity contribution in [3.05, 3.63) is 64.9 Å². The predicted molar refractivity (Wildman–Crippen MR) is 109 cm³/mol. The van der Waals surface area contributed by atoms with E-state index in [0.717, 1.165) is 5.56 Å². The van der Waals surface area contributed by atoms with Crippen LogP contribution in [0.4, 0.5) is 0 Å². The van der Waals surface area contributed by atoms with Crippen LogP contribution in [0.2, 0.25) is 5.02 Å². The van der Waals surface area contributed by atoms with E-state index in [1.165, 1.54) is 4.31 Å². The summed E-state index contributed by atoms with van der Waals surface area (Å²) in [5.74, 6) is 1.09. The molecule has 0 amide bonds. The summed E-state index contributed by atoms with van der Waals surface area (Å²) in [7, 11) is -2.04. The van der Waals surface area contributed by atoms with Gasteiger partial charge in [-0.1, -0.05) is 54.9 Å². The Bertz CT molecular complexity index is 1050. The van der Waals surface area contributed by atoms with Crippen molar-refractivity contribution < 1.29 is 12.9 Å². The Morgan fingerprint density at radius 3 is 2.43 bits per heavy atom. The summed E-state index contributed by atoms with van der Waals surface area (Å²) in [6.45, 7) is 4.37. The number of aromatic nitrogens is 2. The van der Waals surface area contributed by atoms with Gasteiger partial charge in [-0.15, -0.1) is 0 Å². The largest absolute Gasteiger partial charge is 0.334 e. The van der Waals surface area contributed by atoms with Gasteiger partial charge in [0.2, 0.25) is 10.0 Å². The lowest BCUT2D eigenvalue weighted by molar-refractivity contribution is 0.415. The molecule has 0 bridgehead atoms. The Balaban J connectivity index is 1.68. The van der Waals surface area contributed by atoms with Crippen molar-refractivity contribution >= 4 is 21.6 Å². The SMILES string of the molecule is CC(C)c1ccc(S(=O)(=O)N(C)CCc2noc(-c3ccccc3Cl)n2)cc1. The van der Waals surface area contributed by atoms with Crippen LogP contribution in [0.3, 0.4) is 0 Å². The molecule has 0 aliphatic heterocycles. The van der Waals surface area contributed by atoms with E-state index in [4.69, 9.17) is 16.1 Å². The lowest BCUT2D eigenvalue weighted by Gasteiger charge is -2.17. The molecule has 148 valence electrons. The van der Waals surface area contributed by atoms with Gasteiger partial charge in [-0.2, -0.15) is 4.98 Å². The number of halogens is 1. The van der Waals surface area contributed by atoms with Gasteiger partial charge in [0.05, 0.1) is 15.5 Å². The van der Waals surface area contributed by atoms with Crippen molar-refractivity contribution in [3.63, 3.8) is 0 Å². The van der Waals surface area contributed by atoms with Crippen LogP contribution in [-0.4, -0.2) is 36.5 Å². The Hall–Kier alpha value is -2.22. The van der Waals surface area contributed by atoms with Crippen LogP contribution in [0.5, 0.6) is 0 Å². The minimum absolute atomic E-state index is 0.232. The van der Waals surface area contributed by atoms with Gasteiger partial charge in [0.15, 0.2) is 5.82 Å². The van der Waals surface area contributed by atoms with E-state index < -0.39 is 10.0 Å². The van der Waals surface area contributed by atoms with Crippen molar-refractivity contribution in [1.82, 2.24) is 14.4 Å². The van der Waals surface area contributed by atoms with Gasteiger partial charge in [0.1, 0.15) is 0 Å². The summed E-state index contributed by atoms with van der Waals surface area (Å²) in [5, 5.41) is 4.44. The molecule has 6 nitrogen and oxygen atoms in total. The summed E-state index contributed by atoms with van der Waals surface area (Å²) >= 11 is 6.14. The summed E-state index contributed by atoms with van der Waals surface area (Å²) in [6, 6.07) is 14.2. The van der Waals surface area contributed by atoms with Crippen LogP contribution in [-0.2, 0) is 16.4 Å². The molecular weight excluding hydrogens is 398 g/mol. The molecule has 1 aromatic heterocycles. The number of sulfonamides is 1. The topological polar surface area (TPSA) is 76.3 Å². The molecule has 0 atom stereocenters. The molecule has 0 aliphatic carbocycles. The number of nitrogens with zero attached hydrogens (tertiary/aromatic N) is 3. The molecule has 0 aliphatic rings. The van der Waals surface area contributed by atoms with Crippen LogP contribution in [0.25, 0.3) is 11.5 Å². The fraction of sp³-hybridized carbons (Fsp3) is 0.300. The molecule has 3 rings (SSSR count). The maximum Gasteiger partial charge on any atom is 0.259 e. The molecule has 8 heteroatoms. The van der Waals surface area contributed by atoms with E-state index in [-0.39, 0.29) is 11.4 Å². The number of hydrogen-bond acceptors (Lipinski definition) is 5. The van der Waals surface area contributed by atoms with Gasteiger partial charge in [-0.3, -0.25) is 0 Å². The molecule has 0 fully saturated rings. The van der Waals surface area contributed by atoms with E-state index in [0.29, 0.717) is 34.6 Å². The Labute approximate surface area is 170 Å². The van der Waals surface area contributed by atoms with Crippen molar-refractivity contribution in [2.75, 3.05) is 13.6 Å². The minimum atomic E-state index is -3.58. The van der Waals surface area contributed by atoms with Crippen LogP contribution in [0.1, 0.15) is 31.2 Å². The van der Waals surface area contributed by atoms with Crippen LogP contribution in [0.15, 0.2) is 57.9 Å². The molecule has 0 N–H and O–H groups in total. The Kier molecular flexibility index (Phi) is 6.17. The maximum absolute atomic E-state index is 12.8. The molecule has 0 unspecified atom stereocenters. The number of hydrogen-bond donors (Lipinski definition) is 0. The van der Waals surface area contributed by atoms with Gasteiger partial charge >= 0.3 is 0 Å². The molecule has 2 aromatic carbocycles. The highest BCUT2D eigenvalue weighted by Crippen LogP contribution is 2.26. The number of benzene rings is 2. The van der Waals surface area contributed by atoms with Gasteiger partial charge in [-0.25, -0.2) is 12.7 Å². The zero-order valence-corrected chi connectivity index (χ0v) is 17.5. The Morgan fingerprint density at radius 2 is 1.79 bits per heavy atom. The fourth-order valence-electron chi connectivity index (χ4n) is 2.68. The first kappa shape index (κ1) is 20.5. The minimum Gasteiger partial charge on any atom is -0.334 e. The van der Waals surface area contributed by atoms with Gasteiger partial charge in [0, 0.05) is 20.0 Å². The van der Waals surface area contributed by atoms with Gasteiger partial charge in [0.25, 0.3) is 5.89 Å². The first-order valence-corrected chi connectivity index (χ1v) is 10.7. The van der Waals surface area contributed by atoms with Crippen LogP contribution >= 0.6 is 11.6 Å². The van der Waals surface area contributed by atoms with E-state index in [1.54, 1.807) is 31.3 Å². The van der Waals surface area contributed by atoms with E-state index >= 15 is 0 Å². The first-order valence-electron chi connectivity index (χ1n) is 8.93. The lowest BCUT2D eigenvalue weighted by Crippen LogP contribution is -2.29. The fourth-order valence-corrected chi connectivity index (χ4v) is 4.07. The van der Waals surface area contributed by atoms with E-state index in [9.17, 15) is 8.42 Å². The highest BCUT2D eigenvalue weighted by molar-refractivity contribution is 7.89. The average molecular weight is 420 g/mol. The molecule has 0 saturated heterocycles.